The fourth-order valence-electron chi connectivity index (χ4n) is 3.35. The lowest BCUT2D eigenvalue weighted by Crippen LogP contribution is -2.48. The molecule has 108 valence electrons. The summed E-state index contributed by atoms with van der Waals surface area (Å²) < 4.78 is 0. The highest BCUT2D eigenvalue weighted by Crippen LogP contribution is 2.28. The fraction of sp³-hybridized carbons (Fsp3) is 1.00. The van der Waals surface area contributed by atoms with Gasteiger partial charge in [0.25, 0.3) is 0 Å². The van der Waals surface area contributed by atoms with E-state index in [1.807, 2.05) is 0 Å². The Balaban J connectivity index is 2.48. The van der Waals surface area contributed by atoms with Crippen LogP contribution in [0.2, 0.25) is 0 Å². The Hall–Kier alpha value is -0.120. The first-order chi connectivity index (χ1) is 8.58. The minimum atomic E-state index is 0.641. The van der Waals surface area contributed by atoms with Crippen LogP contribution in [0.25, 0.3) is 0 Å². The summed E-state index contributed by atoms with van der Waals surface area (Å²) in [6.45, 7) is 8.14. The number of hydrogen-bond acceptors (Lipinski definition) is 3. The Labute approximate surface area is 114 Å². The fourth-order valence-corrected chi connectivity index (χ4v) is 3.35. The van der Waals surface area contributed by atoms with Crippen molar-refractivity contribution < 1.29 is 0 Å². The molecule has 0 heterocycles. The quantitative estimate of drug-likeness (QED) is 0.716. The minimum Gasteiger partial charge on any atom is -0.315 e. The molecule has 1 aliphatic rings. The van der Waals surface area contributed by atoms with E-state index in [1.165, 1.54) is 32.2 Å². The van der Waals surface area contributed by atoms with Gasteiger partial charge >= 0.3 is 0 Å². The first kappa shape index (κ1) is 15.9. The van der Waals surface area contributed by atoms with E-state index in [0.29, 0.717) is 12.1 Å². The average Bonchev–Trinajstić information content (AvgIpc) is 2.83. The molecule has 0 amide bonds. The summed E-state index contributed by atoms with van der Waals surface area (Å²) in [6, 6.07) is 1.32. The van der Waals surface area contributed by atoms with E-state index < -0.39 is 0 Å². The van der Waals surface area contributed by atoms with Gasteiger partial charge in [0.15, 0.2) is 0 Å². The maximum atomic E-state index is 3.56. The van der Waals surface area contributed by atoms with Crippen molar-refractivity contribution in [1.82, 2.24) is 15.1 Å². The van der Waals surface area contributed by atoms with E-state index in [1.54, 1.807) is 0 Å². The number of hydrogen-bond donors (Lipinski definition) is 1. The second kappa shape index (κ2) is 8.13. The highest BCUT2D eigenvalue weighted by atomic mass is 15.2. The summed E-state index contributed by atoms with van der Waals surface area (Å²) in [4.78, 5) is 4.91. The number of rotatable bonds is 8. The molecule has 0 aromatic carbocycles. The smallest absolute Gasteiger partial charge is 0.0220 e. The van der Waals surface area contributed by atoms with Gasteiger partial charge in [0, 0.05) is 25.2 Å². The van der Waals surface area contributed by atoms with Crippen LogP contribution in [0, 0.1) is 5.92 Å². The van der Waals surface area contributed by atoms with Gasteiger partial charge in [0.2, 0.25) is 0 Å². The van der Waals surface area contributed by atoms with Gasteiger partial charge < -0.3 is 10.2 Å². The molecule has 1 saturated carbocycles. The third-order valence-electron chi connectivity index (χ3n) is 4.43. The highest BCUT2D eigenvalue weighted by Gasteiger charge is 2.26. The predicted octanol–water partition coefficient (Wildman–Crippen LogP) is 2.04. The van der Waals surface area contributed by atoms with E-state index >= 15 is 0 Å². The van der Waals surface area contributed by atoms with E-state index in [9.17, 15) is 0 Å². The Morgan fingerprint density at radius 3 is 2.22 bits per heavy atom. The van der Waals surface area contributed by atoms with E-state index in [2.05, 4.69) is 50.1 Å². The topological polar surface area (TPSA) is 18.5 Å². The van der Waals surface area contributed by atoms with Crippen LogP contribution < -0.4 is 5.32 Å². The molecular formula is C15H33N3. The zero-order valence-electron chi connectivity index (χ0n) is 13.1. The molecule has 2 atom stereocenters. The molecule has 1 rings (SSSR count). The lowest BCUT2D eigenvalue weighted by molar-refractivity contribution is 0.151. The lowest BCUT2D eigenvalue weighted by Gasteiger charge is -2.35. The van der Waals surface area contributed by atoms with Gasteiger partial charge in [-0.25, -0.2) is 0 Å². The first-order valence-electron chi connectivity index (χ1n) is 7.64. The van der Waals surface area contributed by atoms with Crippen LogP contribution in [0.3, 0.4) is 0 Å². The monoisotopic (exact) mass is 255 g/mol. The van der Waals surface area contributed by atoms with Gasteiger partial charge in [-0.05, 0) is 53.4 Å². The predicted molar refractivity (Wildman–Crippen MR) is 80.1 cm³/mol. The van der Waals surface area contributed by atoms with Crippen molar-refractivity contribution in [2.45, 2.75) is 51.6 Å². The zero-order chi connectivity index (χ0) is 13.5. The maximum absolute atomic E-state index is 3.56. The molecule has 3 heteroatoms. The van der Waals surface area contributed by atoms with Crippen LogP contribution in [0.1, 0.15) is 39.5 Å². The average molecular weight is 255 g/mol. The summed E-state index contributed by atoms with van der Waals surface area (Å²) >= 11 is 0. The van der Waals surface area contributed by atoms with Crippen molar-refractivity contribution in [3.8, 4) is 0 Å². The molecule has 0 spiro atoms. The van der Waals surface area contributed by atoms with Crippen molar-refractivity contribution in [2.75, 3.05) is 40.8 Å². The standard InChI is InChI=1S/C15H33N3/c1-6-18(13(2)11-17(4)5)12-15(16-3)14-9-7-8-10-14/h13-16H,6-12H2,1-5H3. The Kier molecular flexibility index (Phi) is 7.20. The number of nitrogens with zero attached hydrogens (tertiary/aromatic N) is 2. The summed E-state index contributed by atoms with van der Waals surface area (Å²) in [5.74, 6) is 0.899. The highest BCUT2D eigenvalue weighted by molar-refractivity contribution is 4.83. The van der Waals surface area contributed by atoms with Crippen LogP contribution >= 0.6 is 0 Å². The Morgan fingerprint density at radius 1 is 1.17 bits per heavy atom. The van der Waals surface area contributed by atoms with Gasteiger partial charge in [-0.3, -0.25) is 4.90 Å². The molecule has 0 bridgehead atoms. The van der Waals surface area contributed by atoms with Gasteiger partial charge in [0.05, 0.1) is 0 Å². The van der Waals surface area contributed by atoms with Crippen LogP contribution in [-0.2, 0) is 0 Å². The van der Waals surface area contributed by atoms with Gasteiger partial charge in [-0.2, -0.15) is 0 Å². The molecule has 0 aromatic rings. The molecule has 2 unspecified atom stereocenters. The molecule has 1 N–H and O–H groups in total. The summed E-state index contributed by atoms with van der Waals surface area (Å²) in [5.41, 5.74) is 0. The second-order valence-corrected chi connectivity index (χ2v) is 6.14. The van der Waals surface area contributed by atoms with Crippen LogP contribution in [0.15, 0.2) is 0 Å². The summed E-state index contributed by atoms with van der Waals surface area (Å²) in [6.07, 6.45) is 5.71. The SMILES string of the molecule is CCN(CC(NC)C1CCCC1)C(C)CN(C)C. The van der Waals surface area contributed by atoms with Crippen molar-refractivity contribution in [1.29, 1.82) is 0 Å². The van der Waals surface area contributed by atoms with E-state index in [4.69, 9.17) is 0 Å². The zero-order valence-corrected chi connectivity index (χ0v) is 13.1. The Morgan fingerprint density at radius 2 is 1.78 bits per heavy atom. The third-order valence-corrected chi connectivity index (χ3v) is 4.43. The summed E-state index contributed by atoms with van der Waals surface area (Å²) in [5, 5.41) is 3.56. The third kappa shape index (κ3) is 4.87. The molecule has 0 saturated heterocycles. The van der Waals surface area contributed by atoms with Gasteiger partial charge in [-0.15, -0.1) is 0 Å². The number of nitrogens with one attached hydrogen (secondary N) is 1. The molecule has 18 heavy (non-hydrogen) atoms. The largest absolute Gasteiger partial charge is 0.315 e. The van der Waals surface area contributed by atoms with E-state index in [-0.39, 0.29) is 0 Å². The molecule has 3 nitrogen and oxygen atoms in total. The van der Waals surface area contributed by atoms with Crippen LogP contribution in [0.4, 0.5) is 0 Å². The molecule has 1 fully saturated rings. The molecule has 0 radical (unpaired) electrons. The first-order valence-corrected chi connectivity index (χ1v) is 7.64. The van der Waals surface area contributed by atoms with Gasteiger partial charge in [-0.1, -0.05) is 19.8 Å². The summed E-state index contributed by atoms with van der Waals surface area (Å²) in [7, 11) is 6.46. The molecule has 0 aromatic heterocycles. The molecule has 1 aliphatic carbocycles. The Bertz CT molecular complexity index is 212. The minimum absolute atomic E-state index is 0.641. The van der Waals surface area contributed by atoms with E-state index in [0.717, 1.165) is 19.0 Å². The van der Waals surface area contributed by atoms with Crippen molar-refractivity contribution in [3.63, 3.8) is 0 Å². The number of likely N-dealkylation sites (N-methyl/N-ethyl adjacent to an activating group) is 3. The lowest BCUT2D eigenvalue weighted by atomic mass is 9.97. The van der Waals surface area contributed by atoms with Crippen LogP contribution in [-0.4, -0.2) is 62.7 Å². The normalized spacial score (nSPS) is 20.8. The van der Waals surface area contributed by atoms with Gasteiger partial charge in [0.1, 0.15) is 0 Å². The van der Waals surface area contributed by atoms with Crippen molar-refractivity contribution >= 4 is 0 Å². The van der Waals surface area contributed by atoms with Crippen molar-refractivity contribution in [3.05, 3.63) is 0 Å². The molecule has 0 aliphatic heterocycles. The maximum Gasteiger partial charge on any atom is 0.0220 e. The van der Waals surface area contributed by atoms with Crippen LogP contribution in [0.5, 0.6) is 0 Å². The van der Waals surface area contributed by atoms with Crippen molar-refractivity contribution in [2.24, 2.45) is 5.92 Å². The second-order valence-electron chi connectivity index (χ2n) is 6.14. The molecular weight excluding hydrogens is 222 g/mol.